The second kappa shape index (κ2) is 8.91. The highest BCUT2D eigenvalue weighted by molar-refractivity contribution is 7.92. The summed E-state index contributed by atoms with van der Waals surface area (Å²) in [7, 11) is -3.86. The first-order valence-corrected chi connectivity index (χ1v) is 11.6. The number of carbonyl (C=O) groups is 2. The van der Waals surface area contributed by atoms with Crippen LogP contribution in [-0.4, -0.2) is 32.8 Å². The summed E-state index contributed by atoms with van der Waals surface area (Å²) < 4.78 is 40.3. The lowest BCUT2D eigenvalue weighted by molar-refractivity contribution is -0.122. The second-order valence-electron chi connectivity index (χ2n) is 7.49. The molecule has 0 fully saturated rings. The Bertz CT molecular complexity index is 1290. The van der Waals surface area contributed by atoms with Gasteiger partial charge >= 0.3 is 0 Å². The predicted molar refractivity (Wildman–Crippen MR) is 124 cm³/mol. The third-order valence-corrected chi connectivity index (χ3v) is 6.45. The highest BCUT2D eigenvalue weighted by Crippen LogP contribution is 2.29. The van der Waals surface area contributed by atoms with Crippen LogP contribution in [0.1, 0.15) is 6.92 Å². The van der Waals surface area contributed by atoms with Crippen molar-refractivity contribution in [1.29, 1.82) is 0 Å². The molecule has 4 rings (SSSR count). The molecule has 10 heteroatoms. The van der Waals surface area contributed by atoms with Crippen molar-refractivity contribution in [2.24, 2.45) is 0 Å². The summed E-state index contributed by atoms with van der Waals surface area (Å²) in [4.78, 5) is 26.4. The summed E-state index contributed by atoms with van der Waals surface area (Å²) in [5.74, 6) is -1.08. The predicted octanol–water partition coefficient (Wildman–Crippen LogP) is 3.41. The first-order chi connectivity index (χ1) is 15.7. The van der Waals surface area contributed by atoms with Crippen LogP contribution in [0.4, 0.5) is 27.1 Å². The molecule has 0 aromatic heterocycles. The summed E-state index contributed by atoms with van der Waals surface area (Å²) in [6.07, 6.45) is 0. The van der Waals surface area contributed by atoms with E-state index in [0.717, 1.165) is 12.1 Å². The third kappa shape index (κ3) is 4.96. The number of fused-ring (bicyclic) bond motifs is 1. The van der Waals surface area contributed by atoms with Crippen molar-refractivity contribution in [3.8, 4) is 0 Å². The van der Waals surface area contributed by atoms with Crippen LogP contribution in [0, 0.1) is 5.82 Å². The zero-order valence-corrected chi connectivity index (χ0v) is 18.4. The number of para-hydroxylation sites is 2. The molecular weight excluding hydrogens is 447 g/mol. The smallest absolute Gasteiger partial charge is 0.261 e. The maximum Gasteiger partial charge on any atom is 0.261 e. The van der Waals surface area contributed by atoms with Crippen molar-refractivity contribution in [3.05, 3.63) is 78.6 Å². The van der Waals surface area contributed by atoms with Gasteiger partial charge in [-0.05, 0) is 67.6 Å². The lowest BCUT2D eigenvalue weighted by Crippen LogP contribution is -2.47. The van der Waals surface area contributed by atoms with Gasteiger partial charge in [0, 0.05) is 11.4 Å². The first-order valence-electron chi connectivity index (χ1n) is 10.1. The number of hydrogen-bond donors (Lipinski definition) is 3. The lowest BCUT2D eigenvalue weighted by atomic mass is 10.1. The monoisotopic (exact) mass is 468 g/mol. The van der Waals surface area contributed by atoms with Gasteiger partial charge in [-0.1, -0.05) is 12.1 Å². The van der Waals surface area contributed by atoms with Crippen LogP contribution in [0.25, 0.3) is 0 Å². The van der Waals surface area contributed by atoms with E-state index in [9.17, 15) is 22.4 Å². The molecule has 3 aromatic carbocycles. The van der Waals surface area contributed by atoms with Crippen molar-refractivity contribution in [2.75, 3.05) is 26.8 Å². The molecule has 1 aliphatic rings. The van der Waals surface area contributed by atoms with Crippen molar-refractivity contribution < 1.29 is 22.4 Å². The number of nitrogens with zero attached hydrogens (tertiary/aromatic N) is 1. The molecule has 0 spiro atoms. The van der Waals surface area contributed by atoms with E-state index < -0.39 is 21.9 Å². The fraction of sp³-hybridized carbons (Fsp3) is 0.130. The molecule has 1 heterocycles. The Kier molecular flexibility index (Phi) is 6.01. The van der Waals surface area contributed by atoms with E-state index in [1.165, 1.54) is 17.0 Å². The number of halogens is 1. The number of rotatable bonds is 6. The molecule has 3 N–H and O–H groups in total. The molecule has 8 nitrogen and oxygen atoms in total. The standard InChI is InChI=1S/C23H21FN4O4S/c1-15(23(30)28-14-22(29)26-20-4-2-3-5-21(20)28)25-17-8-10-18(11-9-17)27-33(31,32)19-12-6-16(24)7-13-19/h2-13,15,25,27H,14H2,1H3,(H,26,29)/t15-/m0/s1. The molecule has 0 saturated carbocycles. The summed E-state index contributed by atoms with van der Waals surface area (Å²) in [6.45, 7) is 1.61. The Morgan fingerprint density at radius 1 is 1.00 bits per heavy atom. The molecular formula is C23H21FN4O4S. The number of anilines is 4. The highest BCUT2D eigenvalue weighted by atomic mass is 32.2. The van der Waals surface area contributed by atoms with Crippen LogP contribution < -0.4 is 20.3 Å². The van der Waals surface area contributed by atoms with E-state index in [4.69, 9.17) is 0 Å². The van der Waals surface area contributed by atoms with E-state index in [2.05, 4.69) is 15.4 Å². The van der Waals surface area contributed by atoms with E-state index >= 15 is 0 Å². The minimum atomic E-state index is -3.86. The van der Waals surface area contributed by atoms with Gasteiger partial charge in [0.25, 0.3) is 10.0 Å². The molecule has 0 bridgehead atoms. The number of nitrogens with one attached hydrogen (secondary N) is 3. The number of amides is 2. The largest absolute Gasteiger partial charge is 0.374 e. The van der Waals surface area contributed by atoms with Crippen LogP contribution in [0.5, 0.6) is 0 Å². The van der Waals surface area contributed by atoms with Gasteiger partial charge in [0.15, 0.2) is 0 Å². The molecule has 3 aromatic rings. The van der Waals surface area contributed by atoms with Crippen LogP contribution >= 0.6 is 0 Å². The van der Waals surface area contributed by atoms with E-state index in [0.29, 0.717) is 22.7 Å². The van der Waals surface area contributed by atoms with Crippen LogP contribution in [0.15, 0.2) is 77.7 Å². The molecule has 170 valence electrons. The molecule has 33 heavy (non-hydrogen) atoms. The van der Waals surface area contributed by atoms with Gasteiger partial charge in [-0.25, -0.2) is 12.8 Å². The van der Waals surface area contributed by atoms with Gasteiger partial charge < -0.3 is 10.6 Å². The van der Waals surface area contributed by atoms with Gasteiger partial charge in [0.05, 0.1) is 16.3 Å². The first kappa shape index (κ1) is 22.3. The highest BCUT2D eigenvalue weighted by Gasteiger charge is 2.29. The number of carbonyl (C=O) groups excluding carboxylic acids is 2. The summed E-state index contributed by atoms with van der Waals surface area (Å²) in [6, 6.07) is 17.3. The second-order valence-corrected chi connectivity index (χ2v) is 9.17. The van der Waals surface area contributed by atoms with Gasteiger partial charge in [0.2, 0.25) is 11.8 Å². The third-order valence-electron chi connectivity index (χ3n) is 5.05. The maximum atomic E-state index is 13.0. The Hall–Kier alpha value is -3.92. The van der Waals surface area contributed by atoms with Gasteiger partial charge in [0.1, 0.15) is 18.4 Å². The fourth-order valence-electron chi connectivity index (χ4n) is 3.44. The Morgan fingerprint density at radius 2 is 1.64 bits per heavy atom. The molecule has 1 aliphatic heterocycles. The fourth-order valence-corrected chi connectivity index (χ4v) is 4.50. The van der Waals surface area contributed by atoms with Crippen molar-refractivity contribution in [2.45, 2.75) is 17.9 Å². The molecule has 2 amide bonds. The summed E-state index contributed by atoms with van der Waals surface area (Å²) in [5.41, 5.74) is 2.11. The topological polar surface area (TPSA) is 108 Å². The number of hydrogen-bond acceptors (Lipinski definition) is 5. The van der Waals surface area contributed by atoms with E-state index in [1.54, 1.807) is 55.5 Å². The average Bonchev–Trinajstić information content (AvgIpc) is 2.79. The molecule has 0 unspecified atom stereocenters. The zero-order chi connectivity index (χ0) is 23.6. The van der Waals surface area contributed by atoms with Crippen molar-refractivity contribution in [3.63, 3.8) is 0 Å². The minimum Gasteiger partial charge on any atom is -0.374 e. The molecule has 0 aliphatic carbocycles. The SMILES string of the molecule is C[C@H](Nc1ccc(NS(=O)(=O)c2ccc(F)cc2)cc1)C(=O)N1CC(=O)Nc2ccccc21. The van der Waals surface area contributed by atoms with Crippen LogP contribution in [0.2, 0.25) is 0 Å². The molecule has 0 saturated heterocycles. The average molecular weight is 469 g/mol. The normalized spacial score (nSPS) is 14.1. The van der Waals surface area contributed by atoms with E-state index in [1.807, 2.05) is 0 Å². The van der Waals surface area contributed by atoms with Crippen molar-refractivity contribution >= 4 is 44.6 Å². The number of sulfonamides is 1. The Labute approximate surface area is 190 Å². The lowest BCUT2D eigenvalue weighted by Gasteiger charge is -2.31. The summed E-state index contributed by atoms with van der Waals surface area (Å²) in [5, 5.41) is 5.82. The summed E-state index contributed by atoms with van der Waals surface area (Å²) >= 11 is 0. The van der Waals surface area contributed by atoms with Gasteiger partial charge in [-0.3, -0.25) is 19.2 Å². The maximum absolute atomic E-state index is 13.0. The Balaban J connectivity index is 1.43. The van der Waals surface area contributed by atoms with Gasteiger partial charge in [-0.2, -0.15) is 0 Å². The van der Waals surface area contributed by atoms with Crippen LogP contribution in [0.3, 0.4) is 0 Å². The minimum absolute atomic E-state index is 0.0591. The Morgan fingerprint density at radius 3 is 2.33 bits per heavy atom. The quantitative estimate of drug-likeness (QED) is 0.514. The number of benzene rings is 3. The van der Waals surface area contributed by atoms with E-state index in [-0.39, 0.29) is 23.3 Å². The van der Waals surface area contributed by atoms with Gasteiger partial charge in [-0.15, -0.1) is 0 Å². The molecule has 1 atom stereocenters. The van der Waals surface area contributed by atoms with Crippen molar-refractivity contribution in [1.82, 2.24) is 0 Å². The van der Waals surface area contributed by atoms with Crippen LogP contribution in [-0.2, 0) is 19.6 Å². The molecule has 0 radical (unpaired) electrons. The zero-order valence-electron chi connectivity index (χ0n) is 17.6.